The number of carbonyl (C=O) groups excluding carboxylic acids is 2. The van der Waals surface area contributed by atoms with Crippen molar-refractivity contribution >= 4 is 11.9 Å². The number of furan rings is 1. The molecule has 0 aliphatic carbocycles. The van der Waals surface area contributed by atoms with Gasteiger partial charge in [-0.15, -0.1) is 6.42 Å². The summed E-state index contributed by atoms with van der Waals surface area (Å²) in [5.41, 5.74) is 2.61. The molecular formula is C22H22FN3O3. The lowest BCUT2D eigenvalue weighted by Gasteiger charge is -2.28. The topological polar surface area (TPSA) is 74.6 Å². The molecule has 7 heteroatoms. The zero-order chi connectivity index (χ0) is 21.0. The van der Waals surface area contributed by atoms with Gasteiger partial charge in [0.1, 0.15) is 11.6 Å². The van der Waals surface area contributed by atoms with Crippen molar-refractivity contribution in [3.05, 3.63) is 70.6 Å². The fourth-order valence-electron chi connectivity index (χ4n) is 3.21. The van der Waals surface area contributed by atoms with Crippen molar-refractivity contribution in [3.63, 3.8) is 0 Å². The van der Waals surface area contributed by atoms with Crippen LogP contribution in [-0.4, -0.2) is 23.4 Å². The molecule has 2 N–H and O–H groups in total. The summed E-state index contributed by atoms with van der Waals surface area (Å²) in [4.78, 5) is 26.0. The third-order valence-corrected chi connectivity index (χ3v) is 4.91. The Hall–Kier alpha value is -3.53. The summed E-state index contributed by atoms with van der Waals surface area (Å²) in [6.45, 7) is 4.00. The summed E-state index contributed by atoms with van der Waals surface area (Å²) in [5.74, 6) is 2.24. The highest BCUT2D eigenvalue weighted by Crippen LogP contribution is 2.27. The van der Waals surface area contributed by atoms with Crippen LogP contribution in [0.4, 0.5) is 9.18 Å². The highest BCUT2D eigenvalue weighted by atomic mass is 19.1. The number of nitrogens with zero attached hydrogens (tertiary/aromatic N) is 1. The maximum atomic E-state index is 14.4. The van der Waals surface area contributed by atoms with Crippen molar-refractivity contribution < 1.29 is 18.4 Å². The summed E-state index contributed by atoms with van der Waals surface area (Å²) in [5, 5.41) is 5.52. The number of halogens is 1. The van der Waals surface area contributed by atoms with Gasteiger partial charge in [-0.25, -0.2) is 9.18 Å². The first-order chi connectivity index (χ1) is 13.9. The molecule has 1 unspecified atom stereocenters. The van der Waals surface area contributed by atoms with Gasteiger partial charge in [0.15, 0.2) is 0 Å². The van der Waals surface area contributed by atoms with Crippen LogP contribution >= 0.6 is 0 Å². The van der Waals surface area contributed by atoms with Gasteiger partial charge in [0, 0.05) is 5.70 Å². The molecule has 29 heavy (non-hydrogen) atoms. The van der Waals surface area contributed by atoms with Crippen molar-refractivity contribution in [2.24, 2.45) is 0 Å². The third kappa shape index (κ3) is 4.66. The molecular weight excluding hydrogens is 373 g/mol. The van der Waals surface area contributed by atoms with E-state index in [1.54, 1.807) is 31.2 Å². The Balaban J connectivity index is 1.82. The molecule has 1 aromatic heterocycles. The molecule has 0 spiro atoms. The van der Waals surface area contributed by atoms with Gasteiger partial charge in [-0.1, -0.05) is 12.0 Å². The SMILES string of the molecule is C#CCN(Cc1ccco1)C(=O)Cc1cc(C2NC(=O)NC(C)=C2C)ccc1F. The molecule has 3 rings (SSSR count). The highest BCUT2D eigenvalue weighted by molar-refractivity contribution is 5.80. The van der Waals surface area contributed by atoms with Crippen molar-refractivity contribution in [3.8, 4) is 12.3 Å². The minimum absolute atomic E-state index is 0.0895. The van der Waals surface area contributed by atoms with Gasteiger partial charge in [0.2, 0.25) is 5.91 Å². The standard InChI is InChI=1S/C22H22FN3O3/c1-4-9-26(13-18-6-5-10-29-18)20(27)12-17-11-16(7-8-19(17)23)21-14(2)15(3)24-22(28)25-21/h1,5-8,10-11,21H,9,12-13H2,2-3H3,(H2,24,25,28). The van der Waals surface area contributed by atoms with Gasteiger partial charge in [0.25, 0.3) is 0 Å². The minimum Gasteiger partial charge on any atom is -0.467 e. The van der Waals surface area contributed by atoms with E-state index in [9.17, 15) is 14.0 Å². The number of hydrogen-bond acceptors (Lipinski definition) is 3. The summed E-state index contributed by atoms with van der Waals surface area (Å²) in [6, 6.07) is 7.30. The lowest BCUT2D eigenvalue weighted by atomic mass is 9.94. The smallest absolute Gasteiger partial charge is 0.319 e. The summed E-state index contributed by atoms with van der Waals surface area (Å²) in [7, 11) is 0. The van der Waals surface area contributed by atoms with Crippen LogP contribution in [0.25, 0.3) is 0 Å². The number of benzene rings is 1. The number of nitrogens with one attached hydrogen (secondary N) is 2. The number of amides is 3. The van der Waals surface area contributed by atoms with E-state index in [1.807, 2.05) is 6.92 Å². The molecule has 0 saturated carbocycles. The molecule has 0 bridgehead atoms. The van der Waals surface area contributed by atoms with Gasteiger partial charge < -0.3 is 20.0 Å². The van der Waals surface area contributed by atoms with Crippen molar-refractivity contribution in [2.45, 2.75) is 32.9 Å². The number of hydrogen-bond donors (Lipinski definition) is 2. The van der Waals surface area contributed by atoms with Crippen LogP contribution in [0.5, 0.6) is 0 Å². The fraction of sp³-hybridized carbons (Fsp3) is 0.273. The average molecular weight is 395 g/mol. The summed E-state index contributed by atoms with van der Waals surface area (Å²) < 4.78 is 19.7. The van der Waals surface area contributed by atoms with E-state index in [0.717, 1.165) is 11.3 Å². The normalized spacial score (nSPS) is 16.1. The van der Waals surface area contributed by atoms with Crippen molar-refractivity contribution in [1.82, 2.24) is 15.5 Å². The second kappa shape index (κ2) is 8.65. The first-order valence-electron chi connectivity index (χ1n) is 9.16. The second-order valence-corrected chi connectivity index (χ2v) is 6.90. The molecule has 1 aromatic carbocycles. The summed E-state index contributed by atoms with van der Waals surface area (Å²) >= 11 is 0. The van der Waals surface area contributed by atoms with Crippen LogP contribution in [0.15, 0.2) is 52.3 Å². The van der Waals surface area contributed by atoms with E-state index in [4.69, 9.17) is 10.8 Å². The first-order valence-corrected chi connectivity index (χ1v) is 9.16. The van der Waals surface area contributed by atoms with Crippen LogP contribution in [0, 0.1) is 18.2 Å². The Labute approximate surface area is 168 Å². The molecule has 1 atom stereocenters. The van der Waals surface area contributed by atoms with E-state index in [-0.39, 0.29) is 43.1 Å². The highest BCUT2D eigenvalue weighted by Gasteiger charge is 2.25. The number of terminal acetylenes is 1. The largest absolute Gasteiger partial charge is 0.467 e. The lowest BCUT2D eigenvalue weighted by Crippen LogP contribution is -2.42. The lowest BCUT2D eigenvalue weighted by molar-refractivity contribution is -0.130. The van der Waals surface area contributed by atoms with Crippen LogP contribution in [0.3, 0.4) is 0 Å². The molecule has 2 aromatic rings. The van der Waals surface area contributed by atoms with Gasteiger partial charge in [0.05, 0.1) is 31.8 Å². The van der Waals surface area contributed by atoms with Gasteiger partial charge in [-0.3, -0.25) is 4.79 Å². The fourth-order valence-corrected chi connectivity index (χ4v) is 3.21. The van der Waals surface area contributed by atoms with Crippen LogP contribution in [-0.2, 0) is 17.8 Å². The number of urea groups is 1. The minimum atomic E-state index is -0.487. The Morgan fingerprint density at radius 1 is 1.34 bits per heavy atom. The zero-order valence-electron chi connectivity index (χ0n) is 16.3. The third-order valence-electron chi connectivity index (χ3n) is 4.91. The average Bonchev–Trinajstić information content (AvgIpc) is 3.19. The number of allylic oxidation sites excluding steroid dienone is 1. The quantitative estimate of drug-likeness (QED) is 0.738. The van der Waals surface area contributed by atoms with E-state index in [2.05, 4.69) is 16.6 Å². The molecule has 1 aliphatic heterocycles. The Kier molecular flexibility index (Phi) is 6.03. The molecule has 3 amide bonds. The van der Waals surface area contributed by atoms with Gasteiger partial charge in [-0.2, -0.15) is 0 Å². The maximum Gasteiger partial charge on any atom is 0.319 e. The Bertz CT molecular complexity index is 989. The zero-order valence-corrected chi connectivity index (χ0v) is 16.3. The molecule has 0 saturated heterocycles. The maximum absolute atomic E-state index is 14.4. The van der Waals surface area contributed by atoms with E-state index in [1.165, 1.54) is 17.2 Å². The van der Waals surface area contributed by atoms with E-state index < -0.39 is 5.82 Å². The predicted molar refractivity (Wildman–Crippen MR) is 106 cm³/mol. The molecule has 0 fully saturated rings. The Morgan fingerprint density at radius 3 is 2.83 bits per heavy atom. The second-order valence-electron chi connectivity index (χ2n) is 6.90. The molecule has 1 aliphatic rings. The predicted octanol–water partition coefficient (Wildman–Crippen LogP) is 3.27. The van der Waals surface area contributed by atoms with Crippen LogP contribution in [0.2, 0.25) is 0 Å². The summed E-state index contributed by atoms with van der Waals surface area (Å²) in [6.07, 6.45) is 6.75. The first kappa shape index (κ1) is 20.2. The van der Waals surface area contributed by atoms with Crippen molar-refractivity contribution in [1.29, 1.82) is 0 Å². The number of carbonyl (C=O) groups is 2. The number of rotatable bonds is 6. The molecule has 6 nitrogen and oxygen atoms in total. The molecule has 0 radical (unpaired) electrons. The van der Waals surface area contributed by atoms with Gasteiger partial charge >= 0.3 is 6.03 Å². The molecule has 2 heterocycles. The van der Waals surface area contributed by atoms with Crippen LogP contribution < -0.4 is 10.6 Å². The van der Waals surface area contributed by atoms with Crippen molar-refractivity contribution in [2.75, 3.05) is 6.54 Å². The van der Waals surface area contributed by atoms with Gasteiger partial charge in [-0.05, 0) is 54.8 Å². The van der Waals surface area contributed by atoms with Crippen LogP contribution in [0.1, 0.15) is 36.8 Å². The molecule has 150 valence electrons. The Morgan fingerprint density at radius 2 is 2.14 bits per heavy atom. The monoisotopic (exact) mass is 395 g/mol. The van der Waals surface area contributed by atoms with E-state index >= 15 is 0 Å². The van der Waals surface area contributed by atoms with E-state index in [0.29, 0.717) is 11.3 Å².